The summed E-state index contributed by atoms with van der Waals surface area (Å²) in [7, 11) is 0. The molecule has 0 fully saturated rings. The maximum atomic E-state index is 11.5. The van der Waals surface area contributed by atoms with Gasteiger partial charge in [-0.15, -0.1) is 6.58 Å². The van der Waals surface area contributed by atoms with E-state index in [0.717, 1.165) is 0 Å². The van der Waals surface area contributed by atoms with Gasteiger partial charge in [0.05, 0.1) is 5.92 Å². The molecule has 18 heavy (non-hydrogen) atoms. The highest BCUT2D eigenvalue weighted by molar-refractivity contribution is 6.30. The van der Waals surface area contributed by atoms with E-state index in [2.05, 4.69) is 11.9 Å². The van der Waals surface area contributed by atoms with Crippen LogP contribution in [0.25, 0.3) is 0 Å². The van der Waals surface area contributed by atoms with E-state index < -0.39 is 11.9 Å². The molecule has 0 saturated carbocycles. The number of carbonyl (C=O) groups is 2. The molecule has 0 heterocycles. The average molecular weight is 268 g/mol. The molecule has 0 aliphatic carbocycles. The molecule has 0 bridgehead atoms. The van der Waals surface area contributed by atoms with Gasteiger partial charge in [0.25, 0.3) is 0 Å². The first-order valence-corrected chi connectivity index (χ1v) is 5.78. The zero-order chi connectivity index (χ0) is 13.5. The molecular weight excluding hydrogens is 254 g/mol. The number of hydrogen-bond donors (Lipinski definition) is 2. The summed E-state index contributed by atoms with van der Waals surface area (Å²) in [5.74, 6) is -2.28. The molecule has 0 saturated heterocycles. The summed E-state index contributed by atoms with van der Waals surface area (Å²) >= 11 is 5.81. The Morgan fingerprint density at radius 2 is 2.22 bits per heavy atom. The van der Waals surface area contributed by atoms with E-state index in [1.165, 1.54) is 6.08 Å². The van der Waals surface area contributed by atoms with Crippen LogP contribution in [0.15, 0.2) is 36.9 Å². The van der Waals surface area contributed by atoms with Crippen molar-refractivity contribution in [3.8, 4) is 0 Å². The van der Waals surface area contributed by atoms with Gasteiger partial charge in [-0.2, -0.15) is 0 Å². The molecule has 0 radical (unpaired) electrons. The van der Waals surface area contributed by atoms with Crippen molar-refractivity contribution in [3.63, 3.8) is 0 Å². The van der Waals surface area contributed by atoms with Gasteiger partial charge >= 0.3 is 5.97 Å². The smallest absolute Gasteiger partial charge is 0.311 e. The fraction of sp³-hybridized carbons (Fsp3) is 0.231. The SMILES string of the molecule is C=CCNC(=O)CC(C(=O)O)c1cccc(Cl)c1. The molecule has 1 aromatic rings. The van der Waals surface area contributed by atoms with Gasteiger partial charge in [0.1, 0.15) is 0 Å². The lowest BCUT2D eigenvalue weighted by Crippen LogP contribution is -2.27. The first kappa shape index (κ1) is 14.3. The van der Waals surface area contributed by atoms with Crippen LogP contribution in [0.1, 0.15) is 17.9 Å². The standard InChI is InChI=1S/C13H14ClNO3/c1-2-6-15-12(16)8-11(13(17)18)9-4-3-5-10(14)7-9/h2-5,7,11H,1,6,8H2,(H,15,16)(H,17,18). The van der Waals surface area contributed by atoms with Crippen molar-refractivity contribution in [3.05, 3.63) is 47.5 Å². The second-order valence-electron chi connectivity index (χ2n) is 3.74. The van der Waals surface area contributed by atoms with E-state index in [0.29, 0.717) is 17.1 Å². The number of hydrogen-bond acceptors (Lipinski definition) is 2. The summed E-state index contributed by atoms with van der Waals surface area (Å²) in [6, 6.07) is 6.52. The Hall–Kier alpha value is -1.81. The van der Waals surface area contributed by atoms with Crippen LogP contribution in [-0.2, 0) is 9.59 Å². The van der Waals surface area contributed by atoms with E-state index in [-0.39, 0.29) is 12.3 Å². The van der Waals surface area contributed by atoms with Gasteiger partial charge in [0.2, 0.25) is 5.91 Å². The fourth-order valence-corrected chi connectivity index (χ4v) is 1.71. The Morgan fingerprint density at radius 1 is 1.50 bits per heavy atom. The molecule has 0 aliphatic rings. The zero-order valence-corrected chi connectivity index (χ0v) is 10.5. The second-order valence-corrected chi connectivity index (χ2v) is 4.18. The van der Waals surface area contributed by atoms with Crippen LogP contribution in [0.3, 0.4) is 0 Å². The van der Waals surface area contributed by atoms with Crippen LogP contribution >= 0.6 is 11.6 Å². The summed E-state index contributed by atoms with van der Waals surface area (Å²) in [6.07, 6.45) is 1.41. The van der Waals surface area contributed by atoms with Gasteiger partial charge in [0, 0.05) is 18.0 Å². The number of rotatable bonds is 6. The Morgan fingerprint density at radius 3 is 2.78 bits per heavy atom. The highest BCUT2D eigenvalue weighted by Gasteiger charge is 2.23. The molecule has 4 nitrogen and oxygen atoms in total. The molecule has 2 N–H and O–H groups in total. The third-order valence-electron chi connectivity index (χ3n) is 2.38. The predicted octanol–water partition coefficient (Wildman–Crippen LogP) is 2.20. The number of nitrogens with one attached hydrogen (secondary N) is 1. The van der Waals surface area contributed by atoms with Gasteiger partial charge < -0.3 is 10.4 Å². The fourth-order valence-electron chi connectivity index (χ4n) is 1.51. The molecule has 96 valence electrons. The predicted molar refractivity (Wildman–Crippen MR) is 69.7 cm³/mol. The Balaban J connectivity index is 2.80. The molecule has 0 aliphatic heterocycles. The normalized spacial score (nSPS) is 11.6. The van der Waals surface area contributed by atoms with E-state index in [1.807, 2.05) is 0 Å². The first-order valence-electron chi connectivity index (χ1n) is 5.40. The quantitative estimate of drug-likeness (QED) is 0.777. The lowest BCUT2D eigenvalue weighted by Gasteiger charge is -2.12. The van der Waals surface area contributed by atoms with Crippen LogP contribution in [0.5, 0.6) is 0 Å². The molecule has 5 heteroatoms. The maximum Gasteiger partial charge on any atom is 0.311 e. The largest absolute Gasteiger partial charge is 0.481 e. The lowest BCUT2D eigenvalue weighted by atomic mass is 9.95. The second kappa shape index (κ2) is 6.81. The number of aliphatic carboxylic acids is 1. The minimum absolute atomic E-state index is 0.122. The number of carboxylic acids is 1. The molecule has 1 aromatic carbocycles. The molecule has 1 rings (SSSR count). The van der Waals surface area contributed by atoms with E-state index in [9.17, 15) is 9.59 Å². The van der Waals surface area contributed by atoms with Crippen LogP contribution in [0, 0.1) is 0 Å². The maximum absolute atomic E-state index is 11.5. The van der Waals surface area contributed by atoms with Gasteiger partial charge in [-0.1, -0.05) is 29.8 Å². The lowest BCUT2D eigenvalue weighted by molar-refractivity contribution is -0.140. The van der Waals surface area contributed by atoms with Gasteiger partial charge in [0.15, 0.2) is 0 Å². The van der Waals surface area contributed by atoms with Crippen LogP contribution in [0.2, 0.25) is 5.02 Å². The molecular formula is C13H14ClNO3. The van der Waals surface area contributed by atoms with Gasteiger partial charge in [-0.3, -0.25) is 9.59 Å². The van der Waals surface area contributed by atoms with Crippen molar-refractivity contribution in [2.45, 2.75) is 12.3 Å². The van der Waals surface area contributed by atoms with Crippen molar-refractivity contribution in [1.29, 1.82) is 0 Å². The van der Waals surface area contributed by atoms with Crippen LogP contribution in [-0.4, -0.2) is 23.5 Å². The van der Waals surface area contributed by atoms with Crippen LogP contribution in [0.4, 0.5) is 0 Å². The zero-order valence-electron chi connectivity index (χ0n) is 9.73. The van der Waals surface area contributed by atoms with E-state index in [4.69, 9.17) is 16.7 Å². The average Bonchev–Trinajstić information content (AvgIpc) is 2.33. The number of benzene rings is 1. The molecule has 1 amide bonds. The van der Waals surface area contributed by atoms with E-state index in [1.54, 1.807) is 24.3 Å². The molecule has 1 unspecified atom stereocenters. The Kier molecular flexibility index (Phi) is 5.39. The highest BCUT2D eigenvalue weighted by Crippen LogP contribution is 2.23. The number of amides is 1. The minimum atomic E-state index is -1.05. The first-order chi connectivity index (χ1) is 8.54. The molecule has 1 atom stereocenters. The minimum Gasteiger partial charge on any atom is -0.481 e. The summed E-state index contributed by atoms with van der Waals surface area (Å²) in [4.78, 5) is 22.7. The van der Waals surface area contributed by atoms with Crippen molar-refractivity contribution >= 4 is 23.5 Å². The number of halogens is 1. The molecule has 0 spiro atoms. The van der Waals surface area contributed by atoms with E-state index >= 15 is 0 Å². The monoisotopic (exact) mass is 267 g/mol. The Labute approximate surface area is 110 Å². The van der Waals surface area contributed by atoms with Crippen LogP contribution < -0.4 is 5.32 Å². The third-order valence-corrected chi connectivity index (χ3v) is 2.62. The highest BCUT2D eigenvalue weighted by atomic mass is 35.5. The van der Waals surface area contributed by atoms with Gasteiger partial charge in [-0.25, -0.2) is 0 Å². The Bertz CT molecular complexity index is 459. The van der Waals surface area contributed by atoms with Crippen molar-refractivity contribution in [2.24, 2.45) is 0 Å². The van der Waals surface area contributed by atoms with Crippen molar-refractivity contribution < 1.29 is 14.7 Å². The summed E-state index contributed by atoms with van der Waals surface area (Å²) in [6.45, 7) is 3.79. The summed E-state index contributed by atoms with van der Waals surface area (Å²) in [5.41, 5.74) is 0.517. The number of carboxylic acid groups (broad SMARTS) is 1. The van der Waals surface area contributed by atoms with Gasteiger partial charge in [-0.05, 0) is 17.7 Å². The third kappa shape index (κ3) is 4.22. The van der Waals surface area contributed by atoms with Crippen molar-refractivity contribution in [2.75, 3.05) is 6.54 Å². The summed E-state index contributed by atoms with van der Waals surface area (Å²) in [5, 5.41) is 12.1. The topological polar surface area (TPSA) is 66.4 Å². The summed E-state index contributed by atoms with van der Waals surface area (Å²) < 4.78 is 0. The number of carbonyl (C=O) groups excluding carboxylic acids is 1. The van der Waals surface area contributed by atoms with Crippen molar-refractivity contribution in [1.82, 2.24) is 5.32 Å². The molecule has 0 aromatic heterocycles.